The zero-order valence-corrected chi connectivity index (χ0v) is 46.3. The summed E-state index contributed by atoms with van der Waals surface area (Å²) in [5.74, 6) is -0.890. The molecule has 0 aliphatic carbocycles. The molecule has 0 spiro atoms. The van der Waals surface area contributed by atoms with Crippen LogP contribution in [-0.4, -0.2) is 37.2 Å². The average molecular weight is 978 g/mol. The minimum Gasteiger partial charge on any atom is -0.462 e. The highest BCUT2D eigenvalue weighted by Gasteiger charge is 2.19. The maximum atomic E-state index is 12.8. The second kappa shape index (κ2) is 58.4. The molecular weight excluding hydrogens is 865 g/mol. The van der Waals surface area contributed by atoms with Gasteiger partial charge in [0.1, 0.15) is 13.2 Å². The van der Waals surface area contributed by atoms with Crippen LogP contribution in [0, 0.1) is 0 Å². The lowest BCUT2D eigenvalue weighted by molar-refractivity contribution is -0.167. The quantitative estimate of drug-likeness (QED) is 0.0261. The Bertz CT molecular complexity index is 1310. The lowest BCUT2D eigenvalue weighted by Gasteiger charge is -2.18. The number of unbranched alkanes of at least 4 members (excludes halogenated alkanes) is 31. The summed E-state index contributed by atoms with van der Waals surface area (Å²) in [6.07, 6.45) is 74.8. The van der Waals surface area contributed by atoms with E-state index in [1.165, 1.54) is 154 Å². The van der Waals surface area contributed by atoms with Gasteiger partial charge in [-0.15, -0.1) is 0 Å². The van der Waals surface area contributed by atoms with Gasteiger partial charge in [-0.25, -0.2) is 0 Å². The molecule has 0 fully saturated rings. The first kappa shape index (κ1) is 66.9. The number of hydrogen-bond donors (Lipinski definition) is 0. The molecule has 0 amide bonds. The van der Waals surface area contributed by atoms with E-state index in [1.54, 1.807) is 0 Å². The monoisotopic (exact) mass is 977 g/mol. The first-order valence-corrected chi connectivity index (χ1v) is 29.9. The molecule has 0 aliphatic rings. The first-order chi connectivity index (χ1) is 34.5. The average Bonchev–Trinajstić information content (AvgIpc) is 3.36. The van der Waals surface area contributed by atoms with E-state index in [1.807, 2.05) is 0 Å². The molecule has 0 aromatic heterocycles. The molecule has 0 heterocycles. The summed E-state index contributed by atoms with van der Waals surface area (Å²) < 4.78 is 16.8. The van der Waals surface area contributed by atoms with E-state index in [4.69, 9.17) is 14.2 Å². The molecule has 0 bridgehead atoms. The van der Waals surface area contributed by atoms with Crippen molar-refractivity contribution in [3.63, 3.8) is 0 Å². The van der Waals surface area contributed by atoms with E-state index in [-0.39, 0.29) is 31.1 Å². The molecule has 0 aromatic carbocycles. The number of rotatable bonds is 54. The maximum Gasteiger partial charge on any atom is 0.306 e. The fourth-order valence-corrected chi connectivity index (χ4v) is 8.41. The van der Waals surface area contributed by atoms with Crippen molar-refractivity contribution in [2.24, 2.45) is 0 Å². The Labute approximate surface area is 433 Å². The zero-order valence-electron chi connectivity index (χ0n) is 46.3. The molecule has 6 heteroatoms. The standard InChI is InChI=1S/C64H112O6/c1-4-7-10-13-16-19-22-24-26-27-28-29-30-31-32-33-34-35-36-37-38-40-42-45-48-51-54-57-63(66)69-60-61(59-68-62(65)56-53-50-47-44-41-21-18-15-12-9-6-3)70-64(67)58-55-52-49-46-43-39-25-23-20-17-14-11-8-5-2/h7,10,15-16,18-19,23-26,28-29,61H,4-6,8-9,11-14,17,20-22,27,30-60H2,1-3H3/b10-7-,18-15-,19-16-,25-23-,26-24-,29-28-. The molecule has 0 radical (unpaired) electrons. The fraction of sp³-hybridized carbons (Fsp3) is 0.766. The summed E-state index contributed by atoms with van der Waals surface area (Å²) >= 11 is 0. The predicted octanol–water partition coefficient (Wildman–Crippen LogP) is 20.2. The third-order valence-corrected chi connectivity index (χ3v) is 12.9. The van der Waals surface area contributed by atoms with Gasteiger partial charge in [-0.05, 0) is 103 Å². The van der Waals surface area contributed by atoms with E-state index in [0.717, 1.165) is 103 Å². The van der Waals surface area contributed by atoms with Gasteiger partial charge in [0.05, 0.1) is 0 Å². The zero-order chi connectivity index (χ0) is 50.7. The van der Waals surface area contributed by atoms with Gasteiger partial charge in [-0.1, -0.05) is 248 Å². The fourth-order valence-electron chi connectivity index (χ4n) is 8.41. The lowest BCUT2D eigenvalue weighted by atomic mass is 10.0. The van der Waals surface area contributed by atoms with Gasteiger partial charge in [-0.2, -0.15) is 0 Å². The van der Waals surface area contributed by atoms with Crippen LogP contribution in [0.5, 0.6) is 0 Å². The van der Waals surface area contributed by atoms with E-state index >= 15 is 0 Å². The molecule has 70 heavy (non-hydrogen) atoms. The van der Waals surface area contributed by atoms with Crippen molar-refractivity contribution >= 4 is 17.9 Å². The molecule has 0 N–H and O–H groups in total. The second-order valence-corrected chi connectivity index (χ2v) is 19.9. The molecular formula is C64H112O6. The number of carbonyl (C=O) groups is 3. The number of carbonyl (C=O) groups excluding carboxylic acids is 3. The Morgan fingerprint density at radius 1 is 0.300 bits per heavy atom. The molecule has 0 rings (SSSR count). The van der Waals surface area contributed by atoms with Crippen LogP contribution >= 0.6 is 0 Å². The first-order valence-electron chi connectivity index (χ1n) is 29.9. The van der Waals surface area contributed by atoms with Crippen molar-refractivity contribution in [3.05, 3.63) is 72.9 Å². The van der Waals surface area contributed by atoms with Crippen molar-refractivity contribution in [3.8, 4) is 0 Å². The van der Waals surface area contributed by atoms with E-state index in [9.17, 15) is 14.4 Å². The van der Waals surface area contributed by atoms with Gasteiger partial charge >= 0.3 is 17.9 Å². The Hall–Kier alpha value is -3.15. The predicted molar refractivity (Wildman–Crippen MR) is 302 cm³/mol. The largest absolute Gasteiger partial charge is 0.462 e. The van der Waals surface area contributed by atoms with Crippen LogP contribution in [0.3, 0.4) is 0 Å². The number of esters is 3. The van der Waals surface area contributed by atoms with Crippen LogP contribution in [0.4, 0.5) is 0 Å². The number of allylic oxidation sites excluding steroid dienone is 12. The van der Waals surface area contributed by atoms with Crippen LogP contribution in [0.2, 0.25) is 0 Å². The lowest BCUT2D eigenvalue weighted by Crippen LogP contribution is -2.30. The van der Waals surface area contributed by atoms with Crippen molar-refractivity contribution in [1.82, 2.24) is 0 Å². The summed E-state index contributed by atoms with van der Waals surface area (Å²) in [4.78, 5) is 38.1. The van der Waals surface area contributed by atoms with Gasteiger partial charge in [0.15, 0.2) is 6.10 Å². The third kappa shape index (κ3) is 55.8. The normalized spacial score (nSPS) is 12.6. The Morgan fingerprint density at radius 2 is 0.571 bits per heavy atom. The van der Waals surface area contributed by atoms with Gasteiger partial charge in [-0.3, -0.25) is 14.4 Å². The Kier molecular flexibility index (Phi) is 55.8. The van der Waals surface area contributed by atoms with Crippen LogP contribution in [-0.2, 0) is 28.6 Å². The van der Waals surface area contributed by atoms with E-state index < -0.39 is 6.10 Å². The summed E-state index contributed by atoms with van der Waals surface area (Å²) in [6, 6.07) is 0. The minimum atomic E-state index is -0.781. The summed E-state index contributed by atoms with van der Waals surface area (Å²) in [6.45, 7) is 6.49. The highest BCUT2D eigenvalue weighted by Crippen LogP contribution is 2.16. The highest BCUT2D eigenvalue weighted by atomic mass is 16.6. The van der Waals surface area contributed by atoms with Crippen molar-refractivity contribution in [1.29, 1.82) is 0 Å². The van der Waals surface area contributed by atoms with Gasteiger partial charge in [0.2, 0.25) is 0 Å². The summed E-state index contributed by atoms with van der Waals surface area (Å²) in [5, 5.41) is 0. The molecule has 0 aliphatic heterocycles. The summed E-state index contributed by atoms with van der Waals surface area (Å²) in [5.41, 5.74) is 0. The topological polar surface area (TPSA) is 78.9 Å². The van der Waals surface area contributed by atoms with Crippen LogP contribution in [0.15, 0.2) is 72.9 Å². The number of hydrogen-bond acceptors (Lipinski definition) is 6. The molecule has 404 valence electrons. The Morgan fingerprint density at radius 3 is 0.929 bits per heavy atom. The molecule has 6 nitrogen and oxygen atoms in total. The van der Waals surface area contributed by atoms with Gasteiger partial charge in [0.25, 0.3) is 0 Å². The van der Waals surface area contributed by atoms with Crippen LogP contribution in [0.1, 0.15) is 297 Å². The van der Waals surface area contributed by atoms with E-state index in [0.29, 0.717) is 19.3 Å². The SMILES string of the molecule is CC/C=C\C/C=C\C/C=C\C/C=C\CCCCCCCCCCCCCCCCC(=O)OCC(COC(=O)CCCCCCC/C=C\CCCC)OC(=O)CCCCCCC/C=C\CCCCCCC. The molecule has 0 saturated heterocycles. The van der Waals surface area contributed by atoms with E-state index in [2.05, 4.69) is 93.7 Å². The van der Waals surface area contributed by atoms with Crippen molar-refractivity contribution in [2.75, 3.05) is 13.2 Å². The van der Waals surface area contributed by atoms with Crippen LogP contribution < -0.4 is 0 Å². The minimum absolute atomic E-state index is 0.0797. The Balaban J connectivity index is 4.20. The molecule has 0 saturated carbocycles. The molecule has 1 unspecified atom stereocenters. The van der Waals surface area contributed by atoms with Crippen molar-refractivity contribution < 1.29 is 28.6 Å². The van der Waals surface area contributed by atoms with Gasteiger partial charge in [0, 0.05) is 19.3 Å². The smallest absolute Gasteiger partial charge is 0.306 e. The van der Waals surface area contributed by atoms with Crippen LogP contribution in [0.25, 0.3) is 0 Å². The third-order valence-electron chi connectivity index (χ3n) is 12.9. The van der Waals surface area contributed by atoms with Gasteiger partial charge < -0.3 is 14.2 Å². The molecule has 1 atom stereocenters. The summed E-state index contributed by atoms with van der Waals surface area (Å²) in [7, 11) is 0. The van der Waals surface area contributed by atoms with Crippen molar-refractivity contribution in [2.45, 2.75) is 303 Å². The second-order valence-electron chi connectivity index (χ2n) is 19.9. The maximum absolute atomic E-state index is 12.8. The molecule has 0 aromatic rings. The highest BCUT2D eigenvalue weighted by molar-refractivity contribution is 5.71. The number of ether oxygens (including phenoxy) is 3.